The molecule has 1 rings (SSSR count). The molecule has 0 saturated heterocycles. The van der Waals surface area contributed by atoms with Crippen molar-refractivity contribution >= 4 is 0 Å². The van der Waals surface area contributed by atoms with Crippen molar-refractivity contribution in [3.8, 4) is 0 Å². The first-order valence-electron chi connectivity index (χ1n) is 2.14. The molecule has 0 bridgehead atoms. The lowest BCUT2D eigenvalue weighted by Gasteiger charge is -2.07. The number of hydrogen-bond acceptors (Lipinski definition) is 2. The van der Waals surface area contributed by atoms with Crippen LogP contribution in [0.1, 0.15) is 0 Å². The van der Waals surface area contributed by atoms with Gasteiger partial charge < -0.3 is 24.0 Å². The summed E-state index contributed by atoms with van der Waals surface area (Å²) in [5, 5.41) is 7.47. The summed E-state index contributed by atoms with van der Waals surface area (Å²) < 4.78 is 0.528. The third-order valence-electron chi connectivity index (χ3n) is 0.780. The molecule has 0 unspecified atom stereocenters. The molecular weight excluding hydrogens is 217 g/mol. The second-order valence-corrected chi connectivity index (χ2v) is 1.98. The molecule has 1 aliphatic heterocycles. The van der Waals surface area contributed by atoms with Gasteiger partial charge in [-0.15, -0.1) is 5.11 Å². The van der Waals surface area contributed by atoms with E-state index in [4.69, 9.17) is 0 Å². The van der Waals surface area contributed by atoms with E-state index < -0.39 is 0 Å². The zero-order valence-corrected chi connectivity index (χ0v) is 7.03. The van der Waals surface area contributed by atoms with Crippen LogP contribution in [0.3, 0.4) is 0 Å². The first kappa shape index (κ1) is 8.03. The lowest BCUT2D eigenvalue weighted by atomic mass is 10.8. The van der Waals surface area contributed by atoms with E-state index in [1.807, 2.05) is 20.3 Å². The molecule has 4 heteroatoms. The molecule has 3 nitrogen and oxygen atoms in total. The normalized spacial score (nSPS) is 20.8. The molecule has 0 radical (unpaired) electrons. The van der Waals surface area contributed by atoms with Gasteiger partial charge in [-0.05, 0) is 0 Å². The summed E-state index contributed by atoms with van der Waals surface area (Å²) in [4.78, 5) is 0. The summed E-state index contributed by atoms with van der Waals surface area (Å²) in [7, 11) is 3.90. The number of quaternary nitrogens is 1. The Balaban J connectivity index is 0.000000490. The van der Waals surface area contributed by atoms with Crippen molar-refractivity contribution in [1.29, 1.82) is 0 Å². The Morgan fingerprint density at radius 2 is 2.00 bits per heavy atom. The monoisotopic (exact) mass is 225 g/mol. The predicted octanol–water partition coefficient (Wildman–Crippen LogP) is -2.08. The topological polar surface area (TPSA) is 24.7 Å². The predicted molar refractivity (Wildman–Crippen MR) is 26.1 cm³/mol. The van der Waals surface area contributed by atoms with Crippen LogP contribution in [0.15, 0.2) is 22.7 Å². The first-order chi connectivity index (χ1) is 3.21. The second-order valence-electron chi connectivity index (χ2n) is 1.98. The maximum Gasteiger partial charge on any atom is 0.144 e. The van der Waals surface area contributed by atoms with Crippen LogP contribution in [-0.4, -0.2) is 18.7 Å². The van der Waals surface area contributed by atoms with Gasteiger partial charge in [0.2, 0.25) is 0 Å². The van der Waals surface area contributed by atoms with E-state index in [1.54, 1.807) is 6.20 Å². The molecule has 0 spiro atoms. The molecule has 46 valence electrons. The summed E-state index contributed by atoms with van der Waals surface area (Å²) in [5.41, 5.74) is 0. The molecule has 0 aromatic rings. The van der Waals surface area contributed by atoms with Crippen molar-refractivity contribution in [1.82, 2.24) is 0 Å². The van der Waals surface area contributed by atoms with Crippen LogP contribution in [0.2, 0.25) is 0 Å². The van der Waals surface area contributed by atoms with Crippen molar-refractivity contribution in [2.24, 2.45) is 10.3 Å². The average Bonchev–Trinajstić information content (AvgIpc) is 1.84. The summed E-state index contributed by atoms with van der Waals surface area (Å²) in [6.45, 7) is 0. The van der Waals surface area contributed by atoms with Gasteiger partial charge in [0.1, 0.15) is 12.4 Å². The molecule has 8 heavy (non-hydrogen) atoms. The zero-order valence-electron chi connectivity index (χ0n) is 4.87. The van der Waals surface area contributed by atoms with Gasteiger partial charge in [-0.1, -0.05) is 0 Å². The van der Waals surface area contributed by atoms with Gasteiger partial charge in [-0.25, -0.2) is 0 Å². The number of rotatable bonds is 0. The number of hydrogen-bond donors (Lipinski definition) is 0. The standard InChI is InChI=1S/C4H8N3.HI/c1-7(2)4-3-5-6-7;/h3-4H,1-2H3;1H/q+1;/p-1. The maximum absolute atomic E-state index is 3.82. The van der Waals surface area contributed by atoms with Gasteiger partial charge in [0, 0.05) is 5.22 Å². The molecule has 0 aliphatic carbocycles. The highest BCUT2D eigenvalue weighted by Crippen LogP contribution is 2.06. The molecule has 0 aromatic heterocycles. The molecule has 0 fully saturated rings. The first-order valence-corrected chi connectivity index (χ1v) is 2.14. The number of nitrogens with zero attached hydrogens (tertiary/aromatic N) is 3. The molecule has 0 atom stereocenters. The van der Waals surface area contributed by atoms with Crippen LogP contribution in [0.4, 0.5) is 0 Å². The molecular formula is C4H8IN3. The van der Waals surface area contributed by atoms with E-state index in [-0.39, 0.29) is 24.0 Å². The van der Waals surface area contributed by atoms with Crippen LogP contribution < -0.4 is 24.0 Å². The molecule has 0 aromatic carbocycles. The Kier molecular flexibility index (Phi) is 2.55. The van der Waals surface area contributed by atoms with Crippen molar-refractivity contribution < 1.29 is 28.6 Å². The molecule has 0 amide bonds. The maximum atomic E-state index is 3.82. The Morgan fingerprint density at radius 3 is 2.12 bits per heavy atom. The highest BCUT2D eigenvalue weighted by Gasteiger charge is 2.12. The fraction of sp³-hybridized carbons (Fsp3) is 0.500. The third-order valence-corrected chi connectivity index (χ3v) is 0.780. The summed E-state index contributed by atoms with van der Waals surface area (Å²) in [5.74, 6) is 0. The van der Waals surface area contributed by atoms with Crippen LogP contribution in [0.5, 0.6) is 0 Å². The van der Waals surface area contributed by atoms with Gasteiger partial charge in [-0.2, -0.15) is 4.59 Å². The van der Waals surface area contributed by atoms with Gasteiger partial charge in [0.15, 0.2) is 0 Å². The minimum atomic E-state index is 0. The van der Waals surface area contributed by atoms with E-state index in [0.717, 1.165) is 0 Å². The fourth-order valence-corrected chi connectivity index (χ4v) is 0.386. The Bertz CT molecular complexity index is 113. The van der Waals surface area contributed by atoms with Crippen molar-refractivity contribution in [3.05, 3.63) is 12.4 Å². The van der Waals surface area contributed by atoms with E-state index in [9.17, 15) is 0 Å². The van der Waals surface area contributed by atoms with E-state index >= 15 is 0 Å². The SMILES string of the molecule is C[N+]1(C)C=CN=N1.[I-]. The molecule has 1 aliphatic rings. The largest absolute Gasteiger partial charge is 1.00 e. The average molecular weight is 225 g/mol. The van der Waals surface area contributed by atoms with Crippen molar-refractivity contribution in [2.45, 2.75) is 0 Å². The minimum Gasteiger partial charge on any atom is -1.00 e. The third kappa shape index (κ3) is 1.87. The lowest BCUT2D eigenvalue weighted by Crippen LogP contribution is -3.00. The van der Waals surface area contributed by atoms with Gasteiger partial charge in [0.25, 0.3) is 0 Å². The van der Waals surface area contributed by atoms with E-state index in [1.165, 1.54) is 0 Å². The van der Waals surface area contributed by atoms with Crippen LogP contribution in [0.25, 0.3) is 0 Å². The summed E-state index contributed by atoms with van der Waals surface area (Å²) in [6.07, 6.45) is 3.60. The van der Waals surface area contributed by atoms with Gasteiger partial charge in [0.05, 0.1) is 14.1 Å². The molecule has 0 N–H and O–H groups in total. The Hall–Kier alpha value is 0.0300. The lowest BCUT2D eigenvalue weighted by molar-refractivity contribution is -0.846. The highest BCUT2D eigenvalue weighted by molar-refractivity contribution is 4.70. The van der Waals surface area contributed by atoms with Crippen molar-refractivity contribution in [3.63, 3.8) is 0 Å². The number of halogens is 1. The summed E-state index contributed by atoms with van der Waals surface area (Å²) >= 11 is 0. The Morgan fingerprint density at radius 1 is 1.38 bits per heavy atom. The molecule has 1 heterocycles. The van der Waals surface area contributed by atoms with Crippen LogP contribution in [0, 0.1) is 0 Å². The fourth-order valence-electron chi connectivity index (χ4n) is 0.386. The minimum absolute atomic E-state index is 0. The van der Waals surface area contributed by atoms with Gasteiger partial charge in [-0.3, -0.25) is 0 Å². The van der Waals surface area contributed by atoms with Crippen LogP contribution >= 0.6 is 0 Å². The quantitative estimate of drug-likeness (QED) is 0.334. The smallest absolute Gasteiger partial charge is 0.144 e. The van der Waals surface area contributed by atoms with E-state index in [2.05, 4.69) is 10.3 Å². The van der Waals surface area contributed by atoms with Crippen LogP contribution in [-0.2, 0) is 0 Å². The van der Waals surface area contributed by atoms with E-state index in [0.29, 0.717) is 4.59 Å². The zero-order chi connectivity index (χ0) is 5.33. The highest BCUT2D eigenvalue weighted by atomic mass is 127. The van der Waals surface area contributed by atoms with Crippen molar-refractivity contribution in [2.75, 3.05) is 14.1 Å². The van der Waals surface area contributed by atoms with Gasteiger partial charge >= 0.3 is 0 Å². The second kappa shape index (κ2) is 2.54. The summed E-state index contributed by atoms with van der Waals surface area (Å²) in [6, 6.07) is 0. The Labute approximate surface area is 65.7 Å². The molecule has 0 saturated carbocycles.